The minimum Gasteiger partial charge on any atom is -0.356 e. The van der Waals surface area contributed by atoms with E-state index in [9.17, 15) is 4.79 Å². The number of piperidine rings is 1. The molecular formula is C23H38IN5O. The van der Waals surface area contributed by atoms with Gasteiger partial charge in [-0.05, 0) is 38.3 Å². The summed E-state index contributed by atoms with van der Waals surface area (Å²) in [6.45, 7) is 7.91. The number of nitrogens with one attached hydrogen (secondary N) is 2. The largest absolute Gasteiger partial charge is 0.356 e. The molecule has 0 radical (unpaired) electrons. The van der Waals surface area contributed by atoms with E-state index in [-0.39, 0.29) is 29.9 Å². The van der Waals surface area contributed by atoms with Crippen molar-refractivity contribution in [3.05, 3.63) is 35.9 Å². The Morgan fingerprint density at radius 3 is 2.70 bits per heavy atom. The van der Waals surface area contributed by atoms with Gasteiger partial charge >= 0.3 is 0 Å². The summed E-state index contributed by atoms with van der Waals surface area (Å²) < 4.78 is 0. The fraction of sp³-hybridized carbons (Fsp3) is 0.652. The predicted octanol–water partition coefficient (Wildman–Crippen LogP) is 2.74. The molecule has 168 valence electrons. The Labute approximate surface area is 198 Å². The minimum absolute atomic E-state index is 0. The molecular weight excluding hydrogens is 489 g/mol. The number of carbonyl (C=O) groups is 1. The number of likely N-dealkylation sites (tertiary alicyclic amines) is 2. The molecule has 0 saturated carbocycles. The van der Waals surface area contributed by atoms with E-state index in [0.717, 1.165) is 45.1 Å². The van der Waals surface area contributed by atoms with Gasteiger partial charge in [0.05, 0.1) is 0 Å². The van der Waals surface area contributed by atoms with Gasteiger partial charge in [0.25, 0.3) is 0 Å². The number of hydrogen-bond acceptors (Lipinski definition) is 3. The molecule has 2 saturated heterocycles. The number of amides is 1. The third kappa shape index (κ3) is 7.72. The molecule has 0 aliphatic carbocycles. The SMILES string of the molecule is CN=C(NCCN1CCCCC1C)NCC1CC(=O)N(CCc2ccccc2)C1.I. The molecule has 2 N–H and O–H groups in total. The molecule has 1 aromatic rings. The van der Waals surface area contributed by atoms with Crippen LogP contribution < -0.4 is 10.6 Å². The number of guanidine groups is 1. The fourth-order valence-corrected chi connectivity index (χ4v) is 4.38. The second kappa shape index (κ2) is 13.1. The lowest BCUT2D eigenvalue weighted by molar-refractivity contribution is -0.127. The second-order valence-electron chi connectivity index (χ2n) is 8.41. The van der Waals surface area contributed by atoms with E-state index in [4.69, 9.17) is 0 Å². The molecule has 3 rings (SSSR count). The van der Waals surface area contributed by atoms with Gasteiger partial charge in [0.2, 0.25) is 5.91 Å². The zero-order valence-corrected chi connectivity index (χ0v) is 20.8. The number of nitrogens with zero attached hydrogens (tertiary/aromatic N) is 3. The Morgan fingerprint density at radius 2 is 1.97 bits per heavy atom. The fourth-order valence-electron chi connectivity index (χ4n) is 4.38. The smallest absolute Gasteiger partial charge is 0.223 e. The van der Waals surface area contributed by atoms with Gasteiger partial charge in [-0.1, -0.05) is 36.8 Å². The van der Waals surface area contributed by atoms with Crippen LogP contribution in [0.5, 0.6) is 0 Å². The van der Waals surface area contributed by atoms with Crippen molar-refractivity contribution in [3.8, 4) is 0 Å². The van der Waals surface area contributed by atoms with Crippen LogP contribution >= 0.6 is 24.0 Å². The average Bonchev–Trinajstić information content (AvgIpc) is 3.10. The third-order valence-corrected chi connectivity index (χ3v) is 6.22. The maximum absolute atomic E-state index is 12.3. The number of aliphatic imine (C=N–C) groups is 1. The first-order chi connectivity index (χ1) is 14.2. The van der Waals surface area contributed by atoms with E-state index in [1.54, 1.807) is 0 Å². The van der Waals surface area contributed by atoms with E-state index >= 15 is 0 Å². The predicted molar refractivity (Wildman–Crippen MR) is 134 cm³/mol. The summed E-state index contributed by atoms with van der Waals surface area (Å²) >= 11 is 0. The Kier molecular flexibility index (Phi) is 10.9. The molecule has 2 atom stereocenters. The monoisotopic (exact) mass is 527 g/mol. The van der Waals surface area contributed by atoms with Crippen molar-refractivity contribution in [2.24, 2.45) is 10.9 Å². The van der Waals surface area contributed by atoms with Crippen molar-refractivity contribution in [1.29, 1.82) is 0 Å². The molecule has 2 fully saturated rings. The van der Waals surface area contributed by atoms with Gasteiger partial charge in [-0.15, -0.1) is 24.0 Å². The van der Waals surface area contributed by atoms with Crippen LogP contribution in [0.1, 0.15) is 38.2 Å². The zero-order chi connectivity index (χ0) is 20.5. The first kappa shape index (κ1) is 24.9. The average molecular weight is 527 g/mol. The van der Waals surface area contributed by atoms with Crippen molar-refractivity contribution in [2.45, 2.75) is 45.1 Å². The van der Waals surface area contributed by atoms with Crippen LogP contribution in [0, 0.1) is 5.92 Å². The van der Waals surface area contributed by atoms with Crippen LogP contribution in [-0.2, 0) is 11.2 Å². The topological polar surface area (TPSA) is 60.0 Å². The van der Waals surface area contributed by atoms with Crippen molar-refractivity contribution >= 4 is 35.8 Å². The van der Waals surface area contributed by atoms with Crippen LogP contribution in [0.2, 0.25) is 0 Å². The van der Waals surface area contributed by atoms with Gasteiger partial charge in [0.1, 0.15) is 0 Å². The van der Waals surface area contributed by atoms with Crippen molar-refractivity contribution in [2.75, 3.05) is 46.3 Å². The van der Waals surface area contributed by atoms with Gasteiger partial charge in [-0.3, -0.25) is 14.7 Å². The lowest BCUT2D eigenvalue weighted by atomic mass is 10.0. The molecule has 0 spiro atoms. The zero-order valence-electron chi connectivity index (χ0n) is 18.5. The molecule has 0 bridgehead atoms. The van der Waals surface area contributed by atoms with Crippen molar-refractivity contribution < 1.29 is 4.79 Å². The number of benzene rings is 1. The maximum atomic E-state index is 12.3. The highest BCUT2D eigenvalue weighted by Crippen LogP contribution is 2.18. The third-order valence-electron chi connectivity index (χ3n) is 6.22. The lowest BCUT2D eigenvalue weighted by Crippen LogP contribution is -2.46. The van der Waals surface area contributed by atoms with Gasteiger partial charge in [0, 0.05) is 58.2 Å². The van der Waals surface area contributed by atoms with Gasteiger partial charge < -0.3 is 15.5 Å². The number of halogens is 1. The first-order valence-electron chi connectivity index (χ1n) is 11.2. The van der Waals surface area contributed by atoms with E-state index in [1.807, 2.05) is 18.0 Å². The highest BCUT2D eigenvalue weighted by atomic mass is 127. The summed E-state index contributed by atoms with van der Waals surface area (Å²) in [5.41, 5.74) is 1.29. The van der Waals surface area contributed by atoms with Gasteiger partial charge in [0.15, 0.2) is 5.96 Å². The Morgan fingerprint density at radius 1 is 1.17 bits per heavy atom. The van der Waals surface area contributed by atoms with Crippen molar-refractivity contribution in [3.63, 3.8) is 0 Å². The van der Waals surface area contributed by atoms with Gasteiger partial charge in [-0.2, -0.15) is 0 Å². The quantitative estimate of drug-likeness (QED) is 0.310. The number of carbonyl (C=O) groups excluding carboxylic acids is 1. The van der Waals surface area contributed by atoms with E-state index in [2.05, 4.69) is 51.7 Å². The van der Waals surface area contributed by atoms with E-state index < -0.39 is 0 Å². The second-order valence-corrected chi connectivity index (χ2v) is 8.41. The summed E-state index contributed by atoms with van der Waals surface area (Å²) in [7, 11) is 1.81. The molecule has 7 heteroatoms. The van der Waals surface area contributed by atoms with Crippen LogP contribution in [0.25, 0.3) is 0 Å². The molecule has 2 unspecified atom stereocenters. The number of rotatable bonds is 8. The maximum Gasteiger partial charge on any atom is 0.223 e. The van der Waals surface area contributed by atoms with Crippen molar-refractivity contribution in [1.82, 2.24) is 20.4 Å². The van der Waals surface area contributed by atoms with Crippen LogP contribution in [0.15, 0.2) is 35.3 Å². The van der Waals surface area contributed by atoms with E-state index in [0.29, 0.717) is 18.4 Å². The first-order valence-corrected chi connectivity index (χ1v) is 11.2. The Hall–Kier alpha value is -1.35. The molecule has 1 amide bonds. The molecule has 2 aliphatic heterocycles. The standard InChI is InChI=1S/C23H37N5O.HI/c1-19-8-6-7-13-27(19)15-12-25-23(24-2)26-17-21-16-22(29)28(18-21)14-11-20-9-4-3-5-10-20;/h3-5,9-10,19,21H,6-8,11-18H2,1-2H3,(H2,24,25,26);1H. The Balaban J connectivity index is 0.00000320. The van der Waals surface area contributed by atoms with Gasteiger partial charge in [-0.25, -0.2) is 0 Å². The van der Waals surface area contributed by atoms with Crippen LogP contribution in [0.3, 0.4) is 0 Å². The number of hydrogen-bond donors (Lipinski definition) is 2. The molecule has 6 nitrogen and oxygen atoms in total. The highest BCUT2D eigenvalue weighted by Gasteiger charge is 2.29. The lowest BCUT2D eigenvalue weighted by Gasteiger charge is -2.33. The summed E-state index contributed by atoms with van der Waals surface area (Å²) in [4.78, 5) is 21.3. The van der Waals surface area contributed by atoms with Crippen LogP contribution in [0.4, 0.5) is 0 Å². The molecule has 0 aromatic heterocycles. The Bertz CT molecular complexity index is 669. The molecule has 1 aromatic carbocycles. The summed E-state index contributed by atoms with van der Waals surface area (Å²) in [6.07, 6.45) is 5.53. The molecule has 2 aliphatic rings. The normalized spacial score (nSPS) is 22.7. The minimum atomic E-state index is 0. The highest BCUT2D eigenvalue weighted by molar-refractivity contribution is 14.0. The molecule has 2 heterocycles. The summed E-state index contributed by atoms with van der Waals surface area (Å²) in [5, 5.41) is 6.85. The molecule has 30 heavy (non-hydrogen) atoms. The van der Waals surface area contributed by atoms with Crippen LogP contribution in [-0.4, -0.2) is 74.0 Å². The summed E-state index contributed by atoms with van der Waals surface area (Å²) in [5.74, 6) is 1.46. The van der Waals surface area contributed by atoms with E-state index in [1.165, 1.54) is 31.4 Å². The summed E-state index contributed by atoms with van der Waals surface area (Å²) in [6, 6.07) is 11.1.